The van der Waals surface area contributed by atoms with Crippen LogP contribution in [0.15, 0.2) is 82.7 Å². The van der Waals surface area contributed by atoms with Gasteiger partial charge in [-0.3, -0.25) is 0 Å². The number of hydrogen-bond acceptors (Lipinski definition) is 6. The Hall–Kier alpha value is -3.43. The molecule has 3 heterocycles. The van der Waals surface area contributed by atoms with Crippen LogP contribution in [0.2, 0.25) is 0 Å². The van der Waals surface area contributed by atoms with Crippen LogP contribution in [-0.4, -0.2) is 41.7 Å². The normalized spacial score (nSPS) is 16.1. The van der Waals surface area contributed by atoms with Gasteiger partial charge in [0.25, 0.3) is 0 Å². The molecule has 0 radical (unpaired) electrons. The number of ether oxygens (including phenoxy) is 1. The van der Waals surface area contributed by atoms with Crippen molar-refractivity contribution in [3.63, 3.8) is 0 Å². The minimum Gasteiger partial charge on any atom is -0.496 e. The summed E-state index contributed by atoms with van der Waals surface area (Å²) < 4.78 is 34.1. The van der Waals surface area contributed by atoms with E-state index in [4.69, 9.17) is 9.84 Å². The number of methoxy groups -OCH3 is 1. The van der Waals surface area contributed by atoms with Gasteiger partial charge in [-0.1, -0.05) is 30.3 Å². The highest BCUT2D eigenvalue weighted by molar-refractivity contribution is 7.88. The average molecular weight is 479 g/mol. The van der Waals surface area contributed by atoms with Crippen LogP contribution in [0.3, 0.4) is 0 Å². The van der Waals surface area contributed by atoms with E-state index in [1.54, 1.807) is 23.1 Å². The largest absolute Gasteiger partial charge is 0.496 e. The molecule has 33 heavy (non-hydrogen) atoms. The zero-order chi connectivity index (χ0) is 23.0. The molecule has 168 valence electrons. The molecule has 2 aromatic heterocycles. The molecule has 0 unspecified atom stereocenters. The van der Waals surface area contributed by atoms with E-state index in [9.17, 15) is 8.42 Å². The minimum atomic E-state index is -3.63. The summed E-state index contributed by atoms with van der Waals surface area (Å²) in [6.45, 7) is 0. The first kappa shape index (κ1) is 21.4. The first-order chi connectivity index (χ1) is 16.0. The number of rotatable bonds is 6. The van der Waals surface area contributed by atoms with Gasteiger partial charge >= 0.3 is 0 Å². The smallest absolute Gasteiger partial charge is 0.247 e. The summed E-state index contributed by atoms with van der Waals surface area (Å²) in [5.74, 6) is 0.656. The molecule has 9 heteroatoms. The third kappa shape index (κ3) is 4.05. The lowest BCUT2D eigenvalue weighted by Crippen LogP contribution is -2.26. The van der Waals surface area contributed by atoms with Crippen molar-refractivity contribution in [2.24, 2.45) is 5.10 Å². The molecule has 0 N–H and O–H groups in total. The second kappa shape index (κ2) is 8.49. The predicted octanol–water partition coefficient (Wildman–Crippen LogP) is 4.72. The molecule has 7 nitrogen and oxygen atoms in total. The van der Waals surface area contributed by atoms with Gasteiger partial charge in [-0.25, -0.2) is 13.1 Å². The zero-order valence-electron chi connectivity index (χ0n) is 18.1. The standard InChI is InChI=1S/C24H22N4O3S2/c1-31-23-11-7-6-10-19(23)21-14-22(28(25-21)33(2,29)30)20-15-27(18-8-4-3-5-9-18)26-24(20)17-12-13-32-16-17/h3-13,15-16,22H,14H2,1-2H3/t22-/m0/s1. The van der Waals surface area contributed by atoms with Crippen molar-refractivity contribution in [1.29, 1.82) is 0 Å². The Morgan fingerprint density at radius 3 is 2.52 bits per heavy atom. The van der Waals surface area contributed by atoms with Crippen molar-refractivity contribution in [3.05, 3.63) is 88.7 Å². The van der Waals surface area contributed by atoms with Crippen molar-refractivity contribution >= 4 is 27.1 Å². The number of nitrogens with zero attached hydrogens (tertiary/aromatic N) is 4. The Morgan fingerprint density at radius 2 is 1.82 bits per heavy atom. The van der Waals surface area contributed by atoms with Crippen LogP contribution >= 0.6 is 11.3 Å². The van der Waals surface area contributed by atoms with Gasteiger partial charge in [-0.05, 0) is 35.7 Å². The van der Waals surface area contributed by atoms with Crippen LogP contribution in [0.4, 0.5) is 0 Å². The monoisotopic (exact) mass is 478 g/mol. The van der Waals surface area contributed by atoms with Crippen molar-refractivity contribution in [3.8, 4) is 22.7 Å². The molecule has 0 aliphatic carbocycles. The van der Waals surface area contributed by atoms with Crippen molar-refractivity contribution in [1.82, 2.24) is 14.2 Å². The second-order valence-corrected chi connectivity index (χ2v) is 10.3. The average Bonchev–Trinajstić information content (AvgIpc) is 3.58. The third-order valence-corrected chi connectivity index (χ3v) is 7.25. The van der Waals surface area contributed by atoms with Crippen LogP contribution in [-0.2, 0) is 10.0 Å². The molecule has 5 rings (SSSR count). The molecule has 4 aromatic rings. The molecule has 0 saturated carbocycles. The fourth-order valence-electron chi connectivity index (χ4n) is 4.04. The molecule has 0 saturated heterocycles. The topological polar surface area (TPSA) is 76.8 Å². The fraction of sp³-hybridized carbons (Fsp3) is 0.167. The molecule has 0 bridgehead atoms. The van der Waals surface area contributed by atoms with E-state index in [1.165, 1.54) is 10.7 Å². The third-order valence-electron chi connectivity index (χ3n) is 5.55. The molecular formula is C24H22N4O3S2. The van der Waals surface area contributed by atoms with Gasteiger partial charge in [0, 0.05) is 34.7 Å². The quantitative estimate of drug-likeness (QED) is 0.402. The van der Waals surface area contributed by atoms with Crippen LogP contribution in [0.1, 0.15) is 23.6 Å². The summed E-state index contributed by atoms with van der Waals surface area (Å²) in [7, 11) is -2.03. The SMILES string of the molecule is COc1ccccc1C1=NN(S(C)(=O)=O)[C@H](c2cn(-c3ccccc3)nc2-c2ccsc2)C1. The molecule has 2 aromatic carbocycles. The number of sulfonamides is 1. The minimum absolute atomic E-state index is 0.408. The van der Waals surface area contributed by atoms with Gasteiger partial charge in [0.2, 0.25) is 10.0 Å². The highest BCUT2D eigenvalue weighted by atomic mass is 32.2. The predicted molar refractivity (Wildman–Crippen MR) is 130 cm³/mol. The second-order valence-electron chi connectivity index (χ2n) is 7.73. The van der Waals surface area contributed by atoms with Gasteiger partial charge in [0.05, 0.1) is 36.5 Å². The number of hydrogen-bond donors (Lipinski definition) is 0. The number of thiophene rings is 1. The first-order valence-corrected chi connectivity index (χ1v) is 13.1. The zero-order valence-corrected chi connectivity index (χ0v) is 19.8. The summed E-state index contributed by atoms with van der Waals surface area (Å²) in [6.07, 6.45) is 3.50. The Balaban J connectivity index is 1.64. The number of hydrazone groups is 1. The Kier molecular flexibility index (Phi) is 5.51. The van der Waals surface area contributed by atoms with Gasteiger partial charge in [0.1, 0.15) is 5.75 Å². The van der Waals surface area contributed by atoms with Gasteiger partial charge < -0.3 is 4.74 Å². The molecule has 1 aliphatic rings. The Morgan fingerprint density at radius 1 is 1.06 bits per heavy atom. The van der Waals surface area contributed by atoms with Crippen molar-refractivity contribution in [2.45, 2.75) is 12.5 Å². The molecular weight excluding hydrogens is 456 g/mol. The maximum Gasteiger partial charge on any atom is 0.247 e. The molecule has 1 aliphatic heterocycles. The summed E-state index contributed by atoms with van der Waals surface area (Å²) in [5, 5.41) is 13.4. The summed E-state index contributed by atoms with van der Waals surface area (Å²) in [5.41, 5.74) is 4.83. The maximum atomic E-state index is 12.8. The van der Waals surface area contributed by atoms with E-state index >= 15 is 0 Å². The molecule has 0 amide bonds. The highest BCUT2D eigenvalue weighted by Crippen LogP contribution is 2.40. The van der Waals surface area contributed by atoms with E-state index in [0.717, 1.165) is 28.1 Å². The maximum absolute atomic E-state index is 12.8. The van der Waals surface area contributed by atoms with E-state index in [-0.39, 0.29) is 0 Å². The van der Waals surface area contributed by atoms with Crippen LogP contribution < -0.4 is 4.74 Å². The van der Waals surface area contributed by atoms with Gasteiger partial charge in [-0.2, -0.15) is 26.0 Å². The highest BCUT2D eigenvalue weighted by Gasteiger charge is 2.38. The van der Waals surface area contributed by atoms with Gasteiger partial charge in [-0.15, -0.1) is 0 Å². The number of aromatic nitrogens is 2. The summed E-state index contributed by atoms with van der Waals surface area (Å²) in [4.78, 5) is 0. The van der Waals surface area contributed by atoms with E-state index < -0.39 is 16.1 Å². The number of benzene rings is 2. The Labute approximate surface area is 196 Å². The lowest BCUT2D eigenvalue weighted by molar-refractivity contribution is 0.375. The Bertz CT molecular complexity index is 1410. The summed E-state index contributed by atoms with van der Waals surface area (Å²) >= 11 is 1.57. The molecule has 0 spiro atoms. The van der Waals surface area contributed by atoms with E-state index in [1.807, 2.05) is 77.6 Å². The van der Waals surface area contributed by atoms with Crippen LogP contribution in [0, 0.1) is 0 Å². The van der Waals surface area contributed by atoms with Crippen LogP contribution in [0.25, 0.3) is 16.9 Å². The fourth-order valence-corrected chi connectivity index (χ4v) is 5.58. The molecule has 1 atom stereocenters. The van der Waals surface area contributed by atoms with Crippen LogP contribution in [0.5, 0.6) is 5.75 Å². The van der Waals surface area contributed by atoms with Crippen molar-refractivity contribution in [2.75, 3.05) is 13.4 Å². The van der Waals surface area contributed by atoms with Gasteiger partial charge in [0.15, 0.2) is 0 Å². The lowest BCUT2D eigenvalue weighted by atomic mass is 9.97. The molecule has 0 fully saturated rings. The lowest BCUT2D eigenvalue weighted by Gasteiger charge is -2.21. The van der Waals surface area contributed by atoms with E-state index in [2.05, 4.69) is 5.10 Å². The van der Waals surface area contributed by atoms with E-state index in [0.29, 0.717) is 17.9 Å². The number of para-hydroxylation sites is 2. The first-order valence-electron chi connectivity index (χ1n) is 10.3. The summed E-state index contributed by atoms with van der Waals surface area (Å²) in [6, 6.07) is 18.8. The van der Waals surface area contributed by atoms with Crippen molar-refractivity contribution < 1.29 is 13.2 Å².